The predicted octanol–water partition coefficient (Wildman–Crippen LogP) is -1.13. The first-order valence-electron chi connectivity index (χ1n) is 6.17. The van der Waals surface area contributed by atoms with Crippen molar-refractivity contribution in [2.45, 2.75) is 6.10 Å². The summed E-state index contributed by atoms with van der Waals surface area (Å²) in [6.45, 7) is 4.83. The lowest BCUT2D eigenvalue weighted by atomic mass is 10.2. The molecule has 0 saturated carbocycles. The van der Waals surface area contributed by atoms with E-state index < -0.39 is 24.0 Å². The quantitative estimate of drug-likeness (QED) is 0.490. The zero-order chi connectivity index (χ0) is 15.0. The van der Waals surface area contributed by atoms with Gasteiger partial charge in [0.25, 0.3) is 0 Å². The van der Waals surface area contributed by atoms with Gasteiger partial charge < -0.3 is 14.8 Å². The first kappa shape index (κ1) is 16.1. The number of carbonyl (C=O) groups excluding carboxylic acids is 3. The number of nitrogens with one attached hydrogen (secondary N) is 2. The molecule has 1 heterocycles. The smallest absolute Gasteiger partial charge is 0.336 e. The molecule has 1 unspecified atom stereocenters. The van der Waals surface area contributed by atoms with Crippen molar-refractivity contribution < 1.29 is 23.9 Å². The number of nitrogens with zero attached hydrogens (tertiary/aromatic N) is 1. The average molecular weight is 285 g/mol. The fourth-order valence-corrected chi connectivity index (χ4v) is 1.70. The number of ether oxygens (including phenoxy) is 2. The van der Waals surface area contributed by atoms with Gasteiger partial charge in [0.15, 0.2) is 6.10 Å². The van der Waals surface area contributed by atoms with Crippen molar-refractivity contribution in [3.8, 4) is 0 Å². The van der Waals surface area contributed by atoms with Gasteiger partial charge in [0, 0.05) is 19.6 Å². The average Bonchev–Trinajstić information content (AvgIpc) is 2.44. The summed E-state index contributed by atoms with van der Waals surface area (Å²) in [5.74, 6) is -0.920. The summed E-state index contributed by atoms with van der Waals surface area (Å²) in [5, 5.41) is 4.62. The summed E-state index contributed by atoms with van der Waals surface area (Å²) in [4.78, 5) is 36.0. The van der Waals surface area contributed by atoms with E-state index in [1.165, 1.54) is 13.2 Å². The number of esters is 1. The van der Waals surface area contributed by atoms with Gasteiger partial charge in [-0.2, -0.15) is 0 Å². The lowest BCUT2D eigenvalue weighted by Crippen LogP contribution is -2.51. The normalized spacial score (nSPS) is 18.9. The number of imide groups is 1. The van der Waals surface area contributed by atoms with Crippen molar-refractivity contribution in [3.05, 3.63) is 12.7 Å². The molecule has 20 heavy (non-hydrogen) atoms. The highest BCUT2D eigenvalue weighted by atomic mass is 16.6. The van der Waals surface area contributed by atoms with E-state index in [1.807, 2.05) is 0 Å². The molecule has 1 aliphatic heterocycles. The summed E-state index contributed by atoms with van der Waals surface area (Å²) in [6.07, 6.45) is 0.809. The highest BCUT2D eigenvalue weighted by Gasteiger charge is 2.28. The van der Waals surface area contributed by atoms with E-state index in [0.29, 0.717) is 13.2 Å². The molecule has 0 aromatic rings. The van der Waals surface area contributed by atoms with Gasteiger partial charge in [-0.1, -0.05) is 6.08 Å². The summed E-state index contributed by atoms with van der Waals surface area (Å²) < 4.78 is 9.83. The molecule has 2 N–H and O–H groups in total. The van der Waals surface area contributed by atoms with Crippen LogP contribution < -0.4 is 10.6 Å². The second-order valence-electron chi connectivity index (χ2n) is 4.16. The zero-order valence-electron chi connectivity index (χ0n) is 11.4. The number of amides is 3. The molecule has 1 saturated heterocycles. The molecule has 0 spiro atoms. The number of urea groups is 1. The molecule has 112 valence electrons. The monoisotopic (exact) mass is 285 g/mol. The van der Waals surface area contributed by atoms with Crippen molar-refractivity contribution >= 4 is 17.9 Å². The van der Waals surface area contributed by atoms with Crippen molar-refractivity contribution in [2.24, 2.45) is 0 Å². The maximum Gasteiger partial charge on any atom is 0.336 e. The Morgan fingerprint density at radius 1 is 1.50 bits per heavy atom. The minimum absolute atomic E-state index is 0.0123. The molecule has 0 aliphatic carbocycles. The third kappa shape index (κ3) is 5.37. The van der Waals surface area contributed by atoms with E-state index in [2.05, 4.69) is 21.9 Å². The van der Waals surface area contributed by atoms with Gasteiger partial charge in [0.2, 0.25) is 5.91 Å². The van der Waals surface area contributed by atoms with Crippen LogP contribution in [0.5, 0.6) is 0 Å². The largest absolute Gasteiger partial charge is 0.467 e. The number of hydrogen-bond acceptors (Lipinski definition) is 6. The molecule has 1 rings (SSSR count). The Bertz CT molecular complexity index is 385. The van der Waals surface area contributed by atoms with E-state index in [0.717, 1.165) is 0 Å². The van der Waals surface area contributed by atoms with Crippen LogP contribution in [0.25, 0.3) is 0 Å². The Morgan fingerprint density at radius 2 is 2.25 bits per heavy atom. The summed E-state index contributed by atoms with van der Waals surface area (Å²) in [7, 11) is 1.28. The molecule has 3 amide bonds. The Hall–Kier alpha value is -1.93. The maximum absolute atomic E-state index is 11.6. The van der Waals surface area contributed by atoms with Crippen LogP contribution in [0, 0.1) is 0 Å². The predicted molar refractivity (Wildman–Crippen MR) is 69.9 cm³/mol. The molecule has 1 fully saturated rings. The highest BCUT2D eigenvalue weighted by Crippen LogP contribution is 2.06. The maximum atomic E-state index is 11.6. The van der Waals surface area contributed by atoms with Crippen LogP contribution in [0.3, 0.4) is 0 Å². The summed E-state index contributed by atoms with van der Waals surface area (Å²) >= 11 is 0. The zero-order valence-corrected chi connectivity index (χ0v) is 11.4. The van der Waals surface area contributed by atoms with Gasteiger partial charge in [-0.3, -0.25) is 15.0 Å². The Kier molecular flexibility index (Phi) is 6.68. The lowest BCUT2D eigenvalue weighted by Gasteiger charge is -2.30. The van der Waals surface area contributed by atoms with Crippen molar-refractivity contribution in [3.63, 3.8) is 0 Å². The fraction of sp³-hybridized carbons (Fsp3) is 0.583. The van der Waals surface area contributed by atoms with Crippen LogP contribution >= 0.6 is 0 Å². The number of rotatable bonds is 5. The third-order valence-corrected chi connectivity index (χ3v) is 2.64. The first-order valence-corrected chi connectivity index (χ1v) is 6.17. The highest BCUT2D eigenvalue weighted by molar-refractivity contribution is 5.95. The van der Waals surface area contributed by atoms with E-state index in [4.69, 9.17) is 4.74 Å². The molecule has 8 nitrogen and oxygen atoms in total. The molecule has 8 heteroatoms. The van der Waals surface area contributed by atoms with Crippen LogP contribution in [0.15, 0.2) is 12.7 Å². The van der Waals surface area contributed by atoms with Gasteiger partial charge in [0.1, 0.15) is 0 Å². The second kappa shape index (κ2) is 8.28. The molecular weight excluding hydrogens is 266 g/mol. The van der Waals surface area contributed by atoms with E-state index in [1.54, 1.807) is 4.90 Å². The summed E-state index contributed by atoms with van der Waals surface area (Å²) in [6, 6.07) is -0.576. The molecule has 0 radical (unpaired) electrons. The van der Waals surface area contributed by atoms with Gasteiger partial charge in [-0.15, -0.1) is 6.58 Å². The molecule has 0 bridgehead atoms. The van der Waals surface area contributed by atoms with Gasteiger partial charge in [0.05, 0.1) is 20.3 Å². The third-order valence-electron chi connectivity index (χ3n) is 2.64. The molecular formula is C12H19N3O5. The first-order chi connectivity index (χ1) is 9.56. The Balaban J connectivity index is 2.35. The standard InChI is InChI=1S/C12H19N3O5/c1-3-4-13-12(18)14-10(16)8-15-5-6-20-9(7-15)11(17)19-2/h3,9H,1,4-8H2,2H3,(H2,13,14,16,18). The number of hydrogen-bond donors (Lipinski definition) is 2. The van der Waals surface area contributed by atoms with Crippen molar-refractivity contribution in [1.82, 2.24) is 15.5 Å². The van der Waals surface area contributed by atoms with Crippen LogP contribution in [-0.2, 0) is 19.1 Å². The summed E-state index contributed by atoms with van der Waals surface area (Å²) in [5.41, 5.74) is 0. The molecule has 1 atom stereocenters. The Morgan fingerprint density at radius 3 is 2.90 bits per heavy atom. The van der Waals surface area contributed by atoms with Crippen LogP contribution in [0.4, 0.5) is 4.79 Å². The van der Waals surface area contributed by atoms with E-state index >= 15 is 0 Å². The van der Waals surface area contributed by atoms with Crippen LogP contribution in [0.1, 0.15) is 0 Å². The number of methoxy groups -OCH3 is 1. The number of carbonyl (C=O) groups is 3. The molecule has 0 aromatic carbocycles. The second-order valence-corrected chi connectivity index (χ2v) is 4.16. The van der Waals surface area contributed by atoms with Crippen LogP contribution in [0.2, 0.25) is 0 Å². The van der Waals surface area contributed by atoms with Crippen molar-refractivity contribution in [1.29, 1.82) is 0 Å². The fourth-order valence-electron chi connectivity index (χ4n) is 1.70. The molecule has 0 aromatic heterocycles. The topological polar surface area (TPSA) is 97.0 Å². The van der Waals surface area contributed by atoms with Gasteiger partial charge >= 0.3 is 12.0 Å². The minimum Gasteiger partial charge on any atom is -0.467 e. The van der Waals surface area contributed by atoms with Gasteiger partial charge in [-0.05, 0) is 0 Å². The van der Waals surface area contributed by atoms with E-state index in [-0.39, 0.29) is 19.6 Å². The molecule has 1 aliphatic rings. The SMILES string of the molecule is C=CCNC(=O)NC(=O)CN1CCOC(C(=O)OC)C1. The lowest BCUT2D eigenvalue weighted by molar-refractivity contribution is -0.160. The van der Waals surface area contributed by atoms with Gasteiger partial charge in [-0.25, -0.2) is 9.59 Å². The van der Waals surface area contributed by atoms with Crippen LogP contribution in [-0.4, -0.2) is 68.8 Å². The van der Waals surface area contributed by atoms with Crippen molar-refractivity contribution in [2.75, 3.05) is 39.9 Å². The Labute approximate surface area is 117 Å². The number of morpholine rings is 1. The van der Waals surface area contributed by atoms with E-state index in [9.17, 15) is 14.4 Å². The minimum atomic E-state index is -0.698.